The first-order valence-electron chi connectivity index (χ1n) is 7.26. The predicted molar refractivity (Wildman–Crippen MR) is 104 cm³/mol. The highest BCUT2D eigenvalue weighted by Gasteiger charge is 2.13. The van der Waals surface area contributed by atoms with E-state index in [2.05, 4.69) is 15.9 Å². The van der Waals surface area contributed by atoms with E-state index >= 15 is 0 Å². The summed E-state index contributed by atoms with van der Waals surface area (Å²) < 4.78 is 19.9. The summed E-state index contributed by atoms with van der Waals surface area (Å²) >= 11 is 21.0. The Bertz CT molecular complexity index is 801. The van der Waals surface area contributed by atoms with Gasteiger partial charge in [0.1, 0.15) is 6.17 Å². The van der Waals surface area contributed by atoms with Crippen molar-refractivity contribution in [1.29, 1.82) is 0 Å². The second-order valence-electron chi connectivity index (χ2n) is 5.02. The highest BCUT2D eigenvalue weighted by molar-refractivity contribution is 9.10. The highest BCUT2D eigenvalue weighted by Crippen LogP contribution is 2.34. The summed E-state index contributed by atoms with van der Waals surface area (Å²) in [4.78, 5) is 11.8. The number of benzene rings is 2. The molecule has 1 unspecified atom stereocenters. The number of ether oxygens (including phenoxy) is 1. The number of alkyl halides is 1. The van der Waals surface area contributed by atoms with E-state index in [1.807, 2.05) is 0 Å². The van der Waals surface area contributed by atoms with Crippen LogP contribution in [0.2, 0.25) is 15.1 Å². The van der Waals surface area contributed by atoms with Gasteiger partial charge in [-0.25, -0.2) is 9.18 Å². The lowest BCUT2D eigenvalue weighted by molar-refractivity contribution is 0.0525. The van der Waals surface area contributed by atoms with Crippen LogP contribution in [0.25, 0.3) is 6.08 Å². The topological polar surface area (TPSA) is 26.3 Å². The second kappa shape index (κ2) is 9.04. The Morgan fingerprint density at radius 2 is 1.88 bits per heavy atom. The van der Waals surface area contributed by atoms with Gasteiger partial charge in [0.25, 0.3) is 0 Å². The quantitative estimate of drug-likeness (QED) is 0.341. The number of halogens is 5. The summed E-state index contributed by atoms with van der Waals surface area (Å²) in [5.74, 6) is -0.418. The lowest BCUT2D eigenvalue weighted by Crippen LogP contribution is -2.05. The molecule has 0 saturated heterocycles. The molecule has 7 heteroatoms. The van der Waals surface area contributed by atoms with Gasteiger partial charge in [0, 0.05) is 4.47 Å². The Morgan fingerprint density at radius 1 is 1.24 bits per heavy atom. The molecular weight excluding hydrogens is 453 g/mol. The van der Waals surface area contributed by atoms with E-state index in [1.165, 1.54) is 18.2 Å². The lowest BCUT2D eigenvalue weighted by Gasteiger charge is -2.08. The predicted octanol–water partition coefficient (Wildman–Crippen LogP) is 7.31. The number of esters is 1. The first kappa shape index (κ1) is 20.2. The van der Waals surface area contributed by atoms with Crippen LogP contribution in [-0.2, 0) is 4.74 Å². The highest BCUT2D eigenvalue weighted by atomic mass is 79.9. The molecule has 0 aliphatic carbocycles. The molecule has 0 bridgehead atoms. The summed E-state index contributed by atoms with van der Waals surface area (Å²) in [6.07, 6.45) is 1.55. The number of carbonyl (C=O) groups excluding carboxylic acids is 1. The van der Waals surface area contributed by atoms with E-state index in [9.17, 15) is 9.18 Å². The fourth-order valence-corrected chi connectivity index (χ4v) is 3.22. The van der Waals surface area contributed by atoms with Crippen molar-refractivity contribution < 1.29 is 13.9 Å². The molecular formula is C18H13BrCl3FO2. The molecule has 2 rings (SSSR count). The number of allylic oxidation sites excluding steroid dienone is 1. The molecule has 0 radical (unpaired) electrons. The SMILES string of the molecule is CCOC(=O)c1ccc(/C=C\C(F)c2cc(Cl)c(Cl)c(Cl)c2)cc1Br. The smallest absolute Gasteiger partial charge is 0.339 e. The molecule has 0 heterocycles. The summed E-state index contributed by atoms with van der Waals surface area (Å²) in [5, 5.41) is 0.588. The van der Waals surface area contributed by atoms with Crippen LogP contribution >= 0.6 is 50.7 Å². The average molecular weight is 467 g/mol. The summed E-state index contributed by atoms with van der Waals surface area (Å²) in [6.45, 7) is 2.03. The van der Waals surface area contributed by atoms with Crippen LogP contribution in [0.5, 0.6) is 0 Å². The van der Waals surface area contributed by atoms with Gasteiger partial charge < -0.3 is 4.74 Å². The monoisotopic (exact) mass is 464 g/mol. The summed E-state index contributed by atoms with van der Waals surface area (Å²) in [5.41, 5.74) is 1.43. The molecule has 0 spiro atoms. The van der Waals surface area contributed by atoms with Crippen LogP contribution in [0.15, 0.2) is 40.9 Å². The first-order chi connectivity index (χ1) is 11.8. The standard InChI is InChI=1S/C18H13BrCl3FO2/c1-2-25-18(24)12-5-3-10(7-13(12)19)4-6-16(23)11-8-14(20)17(22)15(21)9-11/h3-9,16H,2H2,1H3/b6-4-. The van der Waals surface area contributed by atoms with Gasteiger partial charge in [-0.2, -0.15) is 0 Å². The van der Waals surface area contributed by atoms with E-state index in [0.717, 1.165) is 0 Å². The van der Waals surface area contributed by atoms with Gasteiger partial charge in [-0.15, -0.1) is 0 Å². The third-order valence-corrected chi connectivity index (χ3v) is 5.12. The summed E-state index contributed by atoms with van der Waals surface area (Å²) in [7, 11) is 0. The van der Waals surface area contributed by atoms with Crippen molar-refractivity contribution in [3.63, 3.8) is 0 Å². The largest absolute Gasteiger partial charge is 0.462 e. The Kier molecular flexibility index (Phi) is 7.32. The minimum atomic E-state index is -1.41. The van der Waals surface area contributed by atoms with Crippen molar-refractivity contribution >= 4 is 62.8 Å². The van der Waals surface area contributed by atoms with Gasteiger partial charge in [0.2, 0.25) is 0 Å². The van der Waals surface area contributed by atoms with Crippen LogP contribution in [0, 0.1) is 0 Å². The maximum absolute atomic E-state index is 14.4. The van der Waals surface area contributed by atoms with Crippen LogP contribution in [0.4, 0.5) is 4.39 Å². The summed E-state index contributed by atoms with van der Waals surface area (Å²) in [6, 6.07) is 7.89. The first-order valence-corrected chi connectivity index (χ1v) is 9.19. The number of rotatable bonds is 5. The van der Waals surface area contributed by atoms with Gasteiger partial charge in [-0.3, -0.25) is 0 Å². The van der Waals surface area contributed by atoms with E-state index in [1.54, 1.807) is 31.2 Å². The van der Waals surface area contributed by atoms with Crippen LogP contribution in [0.3, 0.4) is 0 Å². The molecule has 0 N–H and O–H groups in total. The van der Waals surface area contributed by atoms with Gasteiger partial charge in [0.05, 0.1) is 27.2 Å². The maximum Gasteiger partial charge on any atom is 0.339 e. The van der Waals surface area contributed by atoms with Gasteiger partial charge in [0.15, 0.2) is 0 Å². The zero-order valence-electron chi connectivity index (χ0n) is 13.0. The molecule has 0 fully saturated rings. The molecule has 2 aromatic carbocycles. The van der Waals surface area contributed by atoms with E-state index < -0.39 is 12.1 Å². The lowest BCUT2D eigenvalue weighted by atomic mass is 10.1. The van der Waals surface area contributed by atoms with Gasteiger partial charge in [-0.05, 0) is 64.3 Å². The Hall–Kier alpha value is -1.07. The zero-order valence-corrected chi connectivity index (χ0v) is 16.9. The average Bonchev–Trinajstić information content (AvgIpc) is 2.57. The molecule has 1 atom stereocenters. The van der Waals surface area contributed by atoms with Crippen molar-refractivity contribution in [3.05, 3.63) is 72.6 Å². The molecule has 132 valence electrons. The zero-order chi connectivity index (χ0) is 18.6. The molecule has 2 aromatic rings. The van der Waals surface area contributed by atoms with E-state index in [4.69, 9.17) is 39.5 Å². The van der Waals surface area contributed by atoms with Crippen molar-refractivity contribution in [3.8, 4) is 0 Å². The third kappa shape index (κ3) is 5.20. The third-order valence-electron chi connectivity index (χ3n) is 3.27. The Labute approximate surface area is 168 Å². The minimum absolute atomic E-state index is 0.196. The van der Waals surface area contributed by atoms with Gasteiger partial charge >= 0.3 is 5.97 Å². The van der Waals surface area contributed by atoms with Crippen molar-refractivity contribution in [2.75, 3.05) is 6.61 Å². The van der Waals surface area contributed by atoms with Crippen LogP contribution in [-0.4, -0.2) is 12.6 Å². The van der Waals surface area contributed by atoms with Crippen molar-refractivity contribution in [1.82, 2.24) is 0 Å². The van der Waals surface area contributed by atoms with E-state index in [-0.39, 0.29) is 15.1 Å². The van der Waals surface area contributed by atoms with Gasteiger partial charge in [-0.1, -0.05) is 46.9 Å². The number of hydrogen-bond donors (Lipinski definition) is 0. The molecule has 0 amide bonds. The molecule has 0 aromatic heterocycles. The molecule has 0 aliphatic rings. The number of hydrogen-bond acceptors (Lipinski definition) is 2. The normalized spacial score (nSPS) is 12.4. The van der Waals surface area contributed by atoms with Crippen LogP contribution < -0.4 is 0 Å². The van der Waals surface area contributed by atoms with Crippen molar-refractivity contribution in [2.45, 2.75) is 13.1 Å². The fourth-order valence-electron chi connectivity index (χ4n) is 2.05. The molecule has 0 saturated carbocycles. The Balaban J connectivity index is 2.19. The van der Waals surface area contributed by atoms with Crippen molar-refractivity contribution in [2.24, 2.45) is 0 Å². The number of carbonyl (C=O) groups is 1. The maximum atomic E-state index is 14.4. The molecule has 25 heavy (non-hydrogen) atoms. The Morgan fingerprint density at radius 3 is 2.44 bits per heavy atom. The minimum Gasteiger partial charge on any atom is -0.462 e. The second-order valence-corrected chi connectivity index (χ2v) is 7.07. The fraction of sp³-hybridized carbons (Fsp3) is 0.167. The van der Waals surface area contributed by atoms with Crippen LogP contribution in [0.1, 0.15) is 34.6 Å². The molecule has 2 nitrogen and oxygen atoms in total. The van der Waals surface area contributed by atoms with E-state index in [0.29, 0.717) is 27.8 Å². The molecule has 0 aliphatic heterocycles.